The van der Waals surface area contributed by atoms with E-state index < -0.39 is 5.97 Å². The number of carboxylic acids is 1. The zero-order valence-electron chi connectivity index (χ0n) is 12.6. The first-order chi connectivity index (χ1) is 11.7. The summed E-state index contributed by atoms with van der Waals surface area (Å²) in [5, 5.41) is 9.03. The molecule has 1 aliphatic rings. The van der Waals surface area contributed by atoms with Crippen molar-refractivity contribution >= 4 is 17.1 Å². The summed E-state index contributed by atoms with van der Waals surface area (Å²) in [5.74, 6) is -0.0440. The summed E-state index contributed by atoms with van der Waals surface area (Å²) in [5.41, 5.74) is 1.76. The van der Waals surface area contributed by atoms with Crippen LogP contribution in [0, 0.1) is 0 Å². The molecule has 0 saturated carbocycles. The molecule has 7 nitrogen and oxygen atoms in total. The Kier molecular flexibility index (Phi) is 3.62. The number of benzene rings is 1. The number of aromatic nitrogens is 2. The van der Waals surface area contributed by atoms with Gasteiger partial charge in [-0.15, -0.1) is 0 Å². The maximum Gasteiger partial charge on any atom is 0.354 e. The summed E-state index contributed by atoms with van der Waals surface area (Å²) in [7, 11) is 0. The van der Waals surface area contributed by atoms with E-state index in [9.17, 15) is 4.79 Å². The highest BCUT2D eigenvalue weighted by molar-refractivity contribution is 5.87. The van der Waals surface area contributed by atoms with Crippen LogP contribution in [0.25, 0.3) is 22.6 Å². The maximum atomic E-state index is 11.0. The van der Waals surface area contributed by atoms with Crippen LogP contribution in [0.5, 0.6) is 5.75 Å². The summed E-state index contributed by atoms with van der Waals surface area (Å²) in [6.07, 6.45) is 2.35. The number of hydrogen-bond acceptors (Lipinski definition) is 6. The van der Waals surface area contributed by atoms with Crippen LogP contribution in [0.2, 0.25) is 0 Å². The molecule has 0 aliphatic carbocycles. The largest absolute Gasteiger partial charge is 0.488 e. The van der Waals surface area contributed by atoms with Crippen LogP contribution in [-0.2, 0) is 4.74 Å². The highest BCUT2D eigenvalue weighted by atomic mass is 16.5. The molecule has 1 aliphatic heterocycles. The van der Waals surface area contributed by atoms with E-state index in [4.69, 9.17) is 19.0 Å². The van der Waals surface area contributed by atoms with E-state index in [1.807, 2.05) is 6.07 Å². The van der Waals surface area contributed by atoms with Gasteiger partial charge in [0, 0.05) is 24.2 Å². The Morgan fingerprint density at radius 1 is 1.29 bits per heavy atom. The average molecular weight is 326 g/mol. The molecule has 1 fully saturated rings. The van der Waals surface area contributed by atoms with Crippen molar-refractivity contribution in [2.24, 2.45) is 0 Å². The summed E-state index contributed by atoms with van der Waals surface area (Å²) in [4.78, 5) is 19.2. The molecule has 3 aromatic rings. The number of hydrogen-bond donors (Lipinski definition) is 1. The molecule has 0 amide bonds. The predicted molar refractivity (Wildman–Crippen MR) is 84.1 cm³/mol. The predicted octanol–water partition coefficient (Wildman–Crippen LogP) is 2.76. The fraction of sp³-hybridized carbons (Fsp3) is 0.235. The molecule has 122 valence electrons. The van der Waals surface area contributed by atoms with E-state index in [0.29, 0.717) is 34.9 Å². The lowest BCUT2D eigenvalue weighted by molar-refractivity contribution is 0.0690. The van der Waals surface area contributed by atoms with Crippen LogP contribution in [-0.4, -0.2) is 40.4 Å². The van der Waals surface area contributed by atoms with Crippen molar-refractivity contribution in [3.05, 3.63) is 42.2 Å². The number of oxazole rings is 1. The van der Waals surface area contributed by atoms with Gasteiger partial charge in [0.05, 0.1) is 13.2 Å². The SMILES string of the molecule is O=C(O)c1cc(-c2nc3cc(O[C@@H]4CCOC4)ccc3o2)ccn1. The molecule has 24 heavy (non-hydrogen) atoms. The van der Waals surface area contributed by atoms with Crippen LogP contribution in [0.4, 0.5) is 0 Å². The Balaban J connectivity index is 1.65. The number of carboxylic acid groups (broad SMARTS) is 1. The maximum absolute atomic E-state index is 11.0. The van der Waals surface area contributed by atoms with Gasteiger partial charge >= 0.3 is 5.97 Å². The van der Waals surface area contributed by atoms with Gasteiger partial charge in [0.25, 0.3) is 0 Å². The minimum Gasteiger partial charge on any atom is -0.488 e. The fourth-order valence-corrected chi connectivity index (χ4v) is 2.58. The van der Waals surface area contributed by atoms with Crippen molar-refractivity contribution in [1.82, 2.24) is 9.97 Å². The minimum absolute atomic E-state index is 0.0555. The smallest absolute Gasteiger partial charge is 0.354 e. The molecule has 7 heteroatoms. The third-order valence-corrected chi connectivity index (χ3v) is 3.78. The zero-order chi connectivity index (χ0) is 16.5. The highest BCUT2D eigenvalue weighted by Crippen LogP contribution is 2.28. The molecule has 0 unspecified atom stereocenters. The van der Waals surface area contributed by atoms with Crippen LogP contribution in [0.15, 0.2) is 40.9 Å². The molecule has 3 heterocycles. The molecular weight excluding hydrogens is 312 g/mol. The van der Waals surface area contributed by atoms with Gasteiger partial charge in [-0.05, 0) is 24.3 Å². The monoisotopic (exact) mass is 326 g/mol. The summed E-state index contributed by atoms with van der Waals surface area (Å²) in [6.45, 7) is 1.31. The molecule has 1 saturated heterocycles. The number of ether oxygens (including phenoxy) is 2. The van der Waals surface area contributed by atoms with E-state index >= 15 is 0 Å². The van der Waals surface area contributed by atoms with E-state index in [-0.39, 0.29) is 11.8 Å². The Morgan fingerprint density at radius 2 is 2.21 bits per heavy atom. The Labute approximate surface area is 136 Å². The van der Waals surface area contributed by atoms with E-state index in [1.165, 1.54) is 12.3 Å². The zero-order valence-corrected chi connectivity index (χ0v) is 12.6. The Morgan fingerprint density at radius 3 is 3.00 bits per heavy atom. The number of fused-ring (bicyclic) bond motifs is 1. The number of rotatable bonds is 4. The van der Waals surface area contributed by atoms with Crippen molar-refractivity contribution < 1.29 is 23.8 Å². The second-order valence-corrected chi connectivity index (χ2v) is 5.49. The fourth-order valence-electron chi connectivity index (χ4n) is 2.58. The van der Waals surface area contributed by atoms with Gasteiger partial charge in [0.2, 0.25) is 5.89 Å². The van der Waals surface area contributed by atoms with Crippen LogP contribution >= 0.6 is 0 Å². The van der Waals surface area contributed by atoms with Crippen molar-refractivity contribution in [3.63, 3.8) is 0 Å². The molecule has 0 bridgehead atoms. The third-order valence-electron chi connectivity index (χ3n) is 3.78. The van der Waals surface area contributed by atoms with Gasteiger partial charge in [-0.3, -0.25) is 0 Å². The number of nitrogens with zero attached hydrogens (tertiary/aromatic N) is 2. The van der Waals surface area contributed by atoms with Gasteiger partial charge in [-0.2, -0.15) is 0 Å². The number of carbonyl (C=O) groups is 1. The van der Waals surface area contributed by atoms with Crippen LogP contribution < -0.4 is 4.74 Å². The number of pyridine rings is 1. The molecule has 1 atom stereocenters. The molecule has 0 spiro atoms. The second-order valence-electron chi connectivity index (χ2n) is 5.49. The van der Waals surface area contributed by atoms with Gasteiger partial charge in [0.15, 0.2) is 5.58 Å². The Hall–Kier alpha value is -2.93. The first-order valence-corrected chi connectivity index (χ1v) is 7.54. The summed E-state index contributed by atoms with van der Waals surface area (Å²) in [6, 6.07) is 8.51. The minimum atomic E-state index is -1.09. The highest BCUT2D eigenvalue weighted by Gasteiger charge is 2.18. The summed E-state index contributed by atoms with van der Waals surface area (Å²) < 4.78 is 16.9. The van der Waals surface area contributed by atoms with E-state index in [2.05, 4.69) is 9.97 Å². The first-order valence-electron chi connectivity index (χ1n) is 7.54. The van der Waals surface area contributed by atoms with Crippen molar-refractivity contribution in [2.45, 2.75) is 12.5 Å². The van der Waals surface area contributed by atoms with E-state index in [0.717, 1.165) is 13.0 Å². The van der Waals surface area contributed by atoms with E-state index in [1.54, 1.807) is 18.2 Å². The molecule has 4 rings (SSSR count). The third kappa shape index (κ3) is 2.81. The lowest BCUT2D eigenvalue weighted by Crippen LogP contribution is -2.15. The first kappa shape index (κ1) is 14.6. The quantitative estimate of drug-likeness (QED) is 0.787. The average Bonchev–Trinajstić information content (AvgIpc) is 3.24. The van der Waals surface area contributed by atoms with Crippen LogP contribution in [0.3, 0.4) is 0 Å². The molecule has 0 radical (unpaired) electrons. The lowest BCUT2D eigenvalue weighted by Gasteiger charge is -2.10. The summed E-state index contributed by atoms with van der Waals surface area (Å²) >= 11 is 0. The van der Waals surface area contributed by atoms with Crippen LogP contribution in [0.1, 0.15) is 16.9 Å². The van der Waals surface area contributed by atoms with Crippen molar-refractivity contribution in [3.8, 4) is 17.2 Å². The van der Waals surface area contributed by atoms with Gasteiger partial charge in [-0.25, -0.2) is 14.8 Å². The van der Waals surface area contributed by atoms with Crippen molar-refractivity contribution in [1.29, 1.82) is 0 Å². The standard InChI is InChI=1S/C17H14N2O5/c20-17(21)14-7-10(3-5-18-14)16-19-13-8-11(1-2-15(13)24-16)23-12-4-6-22-9-12/h1-3,5,7-8,12H,4,6,9H2,(H,20,21)/t12-/m1/s1. The van der Waals surface area contributed by atoms with Gasteiger partial charge in [0.1, 0.15) is 23.1 Å². The van der Waals surface area contributed by atoms with Gasteiger partial charge < -0.3 is 19.0 Å². The normalized spacial score (nSPS) is 17.2. The topological polar surface area (TPSA) is 94.7 Å². The second kappa shape index (κ2) is 5.93. The Bertz CT molecular complexity index is 899. The van der Waals surface area contributed by atoms with Gasteiger partial charge in [-0.1, -0.05) is 0 Å². The molecule has 2 aromatic heterocycles. The molecular formula is C17H14N2O5. The lowest BCUT2D eigenvalue weighted by atomic mass is 10.2. The van der Waals surface area contributed by atoms with Crippen molar-refractivity contribution in [2.75, 3.05) is 13.2 Å². The molecule has 1 N–H and O–H groups in total. The molecule has 1 aromatic carbocycles. The number of aromatic carboxylic acids is 1.